The average molecular weight is 601 g/mol. The Balaban J connectivity index is 1.17. The lowest BCUT2D eigenvalue weighted by molar-refractivity contribution is 1.07. The van der Waals surface area contributed by atoms with E-state index in [1.54, 1.807) is 0 Å². The maximum Gasteiger partial charge on any atom is 0.164 e. The van der Waals surface area contributed by atoms with Crippen molar-refractivity contribution in [2.24, 2.45) is 0 Å². The molecule has 0 saturated carbocycles. The molecule has 4 heteroatoms. The number of para-hydroxylation sites is 2. The Morgan fingerprint density at radius 3 is 1.47 bits per heavy atom. The number of hydrogen-bond donors (Lipinski definition) is 0. The van der Waals surface area contributed by atoms with Gasteiger partial charge in [0.15, 0.2) is 17.5 Å². The SMILES string of the molecule is c1ccc(-c2nc(-c3ccccc3)nc(-c3ccc(-c4ccc5ccc6c7ccccc7n(-c7ccccc7)c6c5c4)cc3)n2)cc1. The van der Waals surface area contributed by atoms with Gasteiger partial charge >= 0.3 is 0 Å². The third kappa shape index (κ3) is 4.75. The van der Waals surface area contributed by atoms with Crippen LogP contribution in [-0.2, 0) is 0 Å². The Morgan fingerprint density at radius 2 is 0.830 bits per heavy atom. The van der Waals surface area contributed by atoms with Crippen molar-refractivity contribution in [3.05, 3.63) is 170 Å². The molecule has 0 aliphatic rings. The third-order valence-corrected chi connectivity index (χ3v) is 8.84. The van der Waals surface area contributed by atoms with E-state index in [-0.39, 0.29) is 0 Å². The van der Waals surface area contributed by atoms with E-state index in [9.17, 15) is 0 Å². The summed E-state index contributed by atoms with van der Waals surface area (Å²) in [5.41, 5.74) is 8.74. The maximum atomic E-state index is 4.91. The minimum absolute atomic E-state index is 0.650. The first-order valence-electron chi connectivity index (χ1n) is 15.8. The zero-order valence-corrected chi connectivity index (χ0v) is 25.5. The van der Waals surface area contributed by atoms with Crippen molar-refractivity contribution in [1.29, 1.82) is 0 Å². The van der Waals surface area contributed by atoms with Gasteiger partial charge in [-0.1, -0.05) is 146 Å². The lowest BCUT2D eigenvalue weighted by Crippen LogP contribution is -2.00. The zero-order valence-electron chi connectivity index (χ0n) is 25.5. The second-order valence-corrected chi connectivity index (χ2v) is 11.7. The lowest BCUT2D eigenvalue weighted by atomic mass is 9.98. The first-order chi connectivity index (χ1) is 23.3. The van der Waals surface area contributed by atoms with Crippen LogP contribution in [0.1, 0.15) is 0 Å². The Morgan fingerprint density at radius 1 is 0.340 bits per heavy atom. The number of hydrogen-bond acceptors (Lipinski definition) is 3. The van der Waals surface area contributed by atoms with Crippen LogP contribution < -0.4 is 0 Å². The van der Waals surface area contributed by atoms with Crippen molar-refractivity contribution in [2.75, 3.05) is 0 Å². The molecule has 0 bridgehead atoms. The molecule has 0 atom stereocenters. The van der Waals surface area contributed by atoms with Gasteiger partial charge in [0.25, 0.3) is 0 Å². The van der Waals surface area contributed by atoms with E-state index in [0.29, 0.717) is 17.5 Å². The predicted octanol–water partition coefficient (Wildman–Crippen LogP) is 10.8. The molecule has 4 nitrogen and oxygen atoms in total. The molecule has 9 aromatic rings. The largest absolute Gasteiger partial charge is 0.309 e. The summed E-state index contributed by atoms with van der Waals surface area (Å²) in [7, 11) is 0. The van der Waals surface area contributed by atoms with E-state index in [0.717, 1.165) is 33.5 Å². The van der Waals surface area contributed by atoms with Crippen molar-refractivity contribution in [1.82, 2.24) is 19.5 Å². The summed E-state index contributed by atoms with van der Waals surface area (Å²) in [4.78, 5) is 14.7. The van der Waals surface area contributed by atoms with Crippen LogP contribution in [-0.4, -0.2) is 19.5 Å². The number of nitrogens with zero attached hydrogens (tertiary/aromatic N) is 4. The quantitative estimate of drug-likeness (QED) is 0.197. The molecule has 0 aliphatic carbocycles. The van der Waals surface area contributed by atoms with Gasteiger partial charge in [-0.3, -0.25) is 0 Å². The summed E-state index contributed by atoms with van der Waals surface area (Å²) < 4.78 is 2.40. The standard InChI is InChI=1S/C43H28N4/c1-4-12-31(13-5-1)41-44-42(32-14-6-2-7-15-32)46-43(45-41)33-23-20-29(21-24-33)34-25-22-30-26-27-37-36-18-10-11-19-39(36)47(40(37)38(30)28-34)35-16-8-3-9-17-35/h1-28H. The highest BCUT2D eigenvalue weighted by Gasteiger charge is 2.16. The summed E-state index contributed by atoms with van der Waals surface area (Å²) in [6, 6.07) is 59.3. The van der Waals surface area contributed by atoms with Crippen LogP contribution in [0.3, 0.4) is 0 Å². The van der Waals surface area contributed by atoms with E-state index in [1.165, 1.54) is 32.6 Å². The molecule has 2 heterocycles. The van der Waals surface area contributed by atoms with Gasteiger partial charge < -0.3 is 4.57 Å². The minimum atomic E-state index is 0.650. The van der Waals surface area contributed by atoms with E-state index in [4.69, 9.17) is 15.0 Å². The first-order valence-corrected chi connectivity index (χ1v) is 15.8. The monoisotopic (exact) mass is 600 g/mol. The van der Waals surface area contributed by atoms with E-state index in [1.807, 2.05) is 60.7 Å². The molecule has 0 aliphatic heterocycles. The molecular formula is C43H28N4. The van der Waals surface area contributed by atoms with Gasteiger partial charge in [-0.25, -0.2) is 15.0 Å². The fourth-order valence-electron chi connectivity index (χ4n) is 6.55. The summed E-state index contributed by atoms with van der Waals surface area (Å²) in [6.07, 6.45) is 0. The van der Waals surface area contributed by atoms with Gasteiger partial charge in [-0.2, -0.15) is 0 Å². The Bertz CT molecular complexity index is 2480. The zero-order chi connectivity index (χ0) is 31.2. The normalized spacial score (nSPS) is 11.4. The summed E-state index contributed by atoms with van der Waals surface area (Å²) in [5, 5.41) is 4.94. The Labute approximate surface area is 272 Å². The molecule has 0 saturated heterocycles. The van der Waals surface area contributed by atoms with Gasteiger partial charge in [0.05, 0.1) is 11.0 Å². The molecule has 0 radical (unpaired) electrons. The average Bonchev–Trinajstić information content (AvgIpc) is 3.50. The van der Waals surface area contributed by atoms with Crippen LogP contribution in [0.15, 0.2) is 170 Å². The van der Waals surface area contributed by atoms with Crippen LogP contribution in [0.25, 0.3) is 83.6 Å². The minimum Gasteiger partial charge on any atom is -0.309 e. The second-order valence-electron chi connectivity index (χ2n) is 11.7. The summed E-state index contributed by atoms with van der Waals surface area (Å²) >= 11 is 0. The maximum absolute atomic E-state index is 4.91. The van der Waals surface area contributed by atoms with Crippen molar-refractivity contribution in [2.45, 2.75) is 0 Å². The molecule has 0 N–H and O–H groups in total. The van der Waals surface area contributed by atoms with Gasteiger partial charge in [0.1, 0.15) is 0 Å². The molecule has 9 rings (SSSR count). The predicted molar refractivity (Wildman–Crippen MR) is 193 cm³/mol. The van der Waals surface area contributed by atoms with Gasteiger partial charge in [0.2, 0.25) is 0 Å². The van der Waals surface area contributed by atoms with E-state index in [2.05, 4.69) is 114 Å². The van der Waals surface area contributed by atoms with Gasteiger partial charge in [-0.05, 0) is 40.8 Å². The van der Waals surface area contributed by atoms with Crippen molar-refractivity contribution < 1.29 is 0 Å². The molecule has 0 amide bonds. The van der Waals surface area contributed by atoms with E-state index >= 15 is 0 Å². The third-order valence-electron chi connectivity index (χ3n) is 8.84. The number of rotatable bonds is 5. The highest BCUT2D eigenvalue weighted by Crippen LogP contribution is 2.38. The van der Waals surface area contributed by atoms with Crippen LogP contribution in [0.2, 0.25) is 0 Å². The summed E-state index contributed by atoms with van der Waals surface area (Å²) in [6.45, 7) is 0. The fraction of sp³-hybridized carbons (Fsp3) is 0. The molecule has 47 heavy (non-hydrogen) atoms. The van der Waals surface area contributed by atoms with Crippen molar-refractivity contribution >= 4 is 32.6 Å². The van der Waals surface area contributed by atoms with Crippen LogP contribution >= 0.6 is 0 Å². The van der Waals surface area contributed by atoms with E-state index < -0.39 is 0 Å². The van der Waals surface area contributed by atoms with Crippen LogP contribution in [0.4, 0.5) is 0 Å². The number of benzene rings is 7. The fourth-order valence-corrected chi connectivity index (χ4v) is 6.55. The first kappa shape index (κ1) is 27.0. The second kappa shape index (κ2) is 11.2. The highest BCUT2D eigenvalue weighted by molar-refractivity contribution is 6.19. The van der Waals surface area contributed by atoms with Crippen LogP contribution in [0.5, 0.6) is 0 Å². The number of aromatic nitrogens is 4. The number of fused-ring (bicyclic) bond motifs is 5. The molecule has 2 aromatic heterocycles. The van der Waals surface area contributed by atoms with Gasteiger partial charge in [0, 0.05) is 38.5 Å². The Kier molecular flexibility index (Phi) is 6.43. The Hall–Kier alpha value is -6.39. The summed E-state index contributed by atoms with van der Waals surface area (Å²) in [5.74, 6) is 1.97. The molecule has 0 unspecified atom stereocenters. The van der Waals surface area contributed by atoms with Crippen LogP contribution in [0, 0.1) is 0 Å². The van der Waals surface area contributed by atoms with Gasteiger partial charge in [-0.15, -0.1) is 0 Å². The smallest absolute Gasteiger partial charge is 0.164 e. The molecule has 0 fully saturated rings. The highest BCUT2D eigenvalue weighted by atomic mass is 15.0. The molecule has 0 spiro atoms. The molecular weight excluding hydrogens is 573 g/mol. The lowest BCUT2D eigenvalue weighted by Gasteiger charge is -2.11. The topological polar surface area (TPSA) is 43.6 Å². The van der Waals surface area contributed by atoms with Crippen molar-refractivity contribution in [3.63, 3.8) is 0 Å². The molecule has 7 aromatic carbocycles. The van der Waals surface area contributed by atoms with Crippen molar-refractivity contribution in [3.8, 4) is 51.0 Å². The molecule has 220 valence electrons.